The van der Waals surface area contributed by atoms with Gasteiger partial charge in [-0.05, 0) is 64.0 Å². The highest BCUT2D eigenvalue weighted by molar-refractivity contribution is 7.17. The SMILES string of the molecule is Cc1cc(N[C@@H](C)C(F)(F)F)ncc1-c1sc(C(=O)N[C@@H]2CC[C@H]2O)nc1C(=O)N1C2CCC1CC2. The second kappa shape index (κ2) is 9.29. The molecule has 4 heterocycles. The van der Waals surface area contributed by atoms with E-state index in [1.165, 1.54) is 12.3 Å². The Hall–Kier alpha value is -2.73. The average Bonchev–Trinajstić information content (AvgIpc) is 3.55. The maximum Gasteiger partial charge on any atom is 0.408 e. The summed E-state index contributed by atoms with van der Waals surface area (Å²) in [5.74, 6) is -0.634. The first-order valence-electron chi connectivity index (χ1n) is 12.2. The summed E-state index contributed by atoms with van der Waals surface area (Å²) in [6, 6.07) is -0.306. The van der Waals surface area contributed by atoms with Gasteiger partial charge in [-0.2, -0.15) is 13.2 Å². The van der Waals surface area contributed by atoms with Gasteiger partial charge in [-0.3, -0.25) is 9.59 Å². The van der Waals surface area contributed by atoms with Crippen LogP contribution in [0.2, 0.25) is 0 Å². The van der Waals surface area contributed by atoms with Gasteiger partial charge < -0.3 is 20.6 Å². The molecule has 36 heavy (non-hydrogen) atoms. The van der Waals surface area contributed by atoms with Gasteiger partial charge in [0.15, 0.2) is 5.01 Å². The molecule has 5 rings (SSSR count). The number of anilines is 1. The zero-order valence-corrected chi connectivity index (χ0v) is 20.7. The lowest BCUT2D eigenvalue weighted by Crippen LogP contribution is -2.50. The van der Waals surface area contributed by atoms with Gasteiger partial charge in [-0.25, -0.2) is 9.97 Å². The Bertz CT molecular complexity index is 1170. The topological polar surface area (TPSA) is 107 Å². The third kappa shape index (κ3) is 4.56. The van der Waals surface area contributed by atoms with E-state index in [0.29, 0.717) is 28.8 Å². The van der Waals surface area contributed by atoms with Crippen molar-refractivity contribution in [3.05, 3.63) is 28.5 Å². The van der Waals surface area contributed by atoms with E-state index in [4.69, 9.17) is 0 Å². The molecular formula is C24H28F3N5O3S. The number of aromatic nitrogens is 2. The van der Waals surface area contributed by atoms with Gasteiger partial charge in [0.05, 0.1) is 17.0 Å². The van der Waals surface area contributed by atoms with Crippen molar-refractivity contribution in [2.24, 2.45) is 0 Å². The van der Waals surface area contributed by atoms with Crippen LogP contribution < -0.4 is 10.6 Å². The van der Waals surface area contributed by atoms with Crippen LogP contribution >= 0.6 is 11.3 Å². The first-order valence-corrected chi connectivity index (χ1v) is 13.0. The van der Waals surface area contributed by atoms with Crippen molar-refractivity contribution in [1.82, 2.24) is 20.2 Å². The summed E-state index contributed by atoms with van der Waals surface area (Å²) < 4.78 is 38.9. The molecule has 0 radical (unpaired) electrons. The second-order valence-electron chi connectivity index (χ2n) is 9.89. The minimum Gasteiger partial charge on any atom is -0.391 e. The summed E-state index contributed by atoms with van der Waals surface area (Å²) in [4.78, 5) is 37.5. The molecule has 2 aromatic rings. The Morgan fingerprint density at radius 2 is 1.83 bits per heavy atom. The number of pyridine rings is 1. The minimum atomic E-state index is -4.42. The molecule has 3 N–H and O–H groups in total. The van der Waals surface area contributed by atoms with Gasteiger partial charge in [0.2, 0.25) is 0 Å². The standard InChI is InChI=1S/C24H28F3N5O3S/c1-11-9-18(29-12(2)24(25,26)27)28-10-15(11)20-19(23(35)32-13-3-4-14(32)6-5-13)31-22(36-20)21(34)30-16-7-8-17(16)33/h9-10,12-14,16-17,33H,3-8H2,1-2H3,(H,28,29)(H,30,34)/t12-,13?,14?,16+,17+/m0/s1. The van der Waals surface area contributed by atoms with Crippen molar-refractivity contribution < 1.29 is 27.9 Å². The molecule has 1 saturated carbocycles. The lowest BCUT2D eigenvalue weighted by molar-refractivity contribution is -0.138. The zero-order chi connectivity index (χ0) is 25.8. The van der Waals surface area contributed by atoms with E-state index in [0.717, 1.165) is 43.9 Å². The molecule has 3 atom stereocenters. The van der Waals surface area contributed by atoms with E-state index in [-0.39, 0.29) is 40.6 Å². The fraction of sp³-hybridized carbons (Fsp3) is 0.583. The third-order valence-electron chi connectivity index (χ3n) is 7.48. The molecule has 8 nitrogen and oxygen atoms in total. The summed E-state index contributed by atoms with van der Waals surface area (Å²) in [7, 11) is 0. The van der Waals surface area contributed by atoms with E-state index < -0.39 is 24.2 Å². The van der Waals surface area contributed by atoms with Crippen molar-refractivity contribution >= 4 is 29.0 Å². The summed E-state index contributed by atoms with van der Waals surface area (Å²) >= 11 is 1.05. The highest BCUT2D eigenvalue weighted by Gasteiger charge is 2.44. The highest BCUT2D eigenvalue weighted by Crippen LogP contribution is 2.41. The minimum absolute atomic E-state index is 0.0630. The van der Waals surface area contributed by atoms with Gasteiger partial charge in [-0.1, -0.05) is 0 Å². The summed E-state index contributed by atoms with van der Waals surface area (Å²) in [6.07, 6.45) is 1.47. The van der Waals surface area contributed by atoms with Crippen LogP contribution in [0.15, 0.2) is 12.3 Å². The maximum absolute atomic E-state index is 13.7. The fourth-order valence-corrected chi connectivity index (χ4v) is 6.20. The largest absolute Gasteiger partial charge is 0.408 e. The number of halogens is 3. The molecule has 0 spiro atoms. The molecule has 194 valence electrons. The number of fused-ring (bicyclic) bond motifs is 2. The zero-order valence-electron chi connectivity index (χ0n) is 19.9. The number of aryl methyl sites for hydroxylation is 1. The van der Waals surface area contributed by atoms with Gasteiger partial charge in [-0.15, -0.1) is 11.3 Å². The predicted octanol–water partition coefficient (Wildman–Crippen LogP) is 3.90. The van der Waals surface area contributed by atoms with Crippen molar-refractivity contribution in [1.29, 1.82) is 0 Å². The molecule has 1 aliphatic carbocycles. The number of carbonyl (C=O) groups excluding carboxylic acids is 2. The Kier molecular flexibility index (Phi) is 6.44. The number of nitrogens with one attached hydrogen (secondary N) is 2. The second-order valence-corrected chi connectivity index (χ2v) is 10.9. The van der Waals surface area contributed by atoms with Crippen LogP contribution in [0, 0.1) is 6.92 Å². The normalized spacial score (nSPS) is 26.0. The number of hydrogen-bond donors (Lipinski definition) is 3. The summed E-state index contributed by atoms with van der Waals surface area (Å²) in [5.41, 5.74) is 1.30. The Morgan fingerprint density at radius 3 is 2.36 bits per heavy atom. The van der Waals surface area contributed by atoms with Crippen LogP contribution in [-0.2, 0) is 0 Å². The molecule has 2 amide bonds. The fourth-order valence-electron chi connectivity index (χ4n) is 5.17. The molecule has 0 unspecified atom stereocenters. The van der Waals surface area contributed by atoms with Crippen molar-refractivity contribution in [2.75, 3.05) is 5.32 Å². The number of rotatable bonds is 6. The first kappa shape index (κ1) is 24.9. The van der Waals surface area contributed by atoms with Crippen LogP contribution in [0.3, 0.4) is 0 Å². The van der Waals surface area contributed by atoms with Crippen LogP contribution in [0.25, 0.3) is 10.4 Å². The third-order valence-corrected chi connectivity index (χ3v) is 8.56. The molecular weight excluding hydrogens is 495 g/mol. The van der Waals surface area contributed by atoms with Gasteiger partial charge >= 0.3 is 6.18 Å². The summed E-state index contributed by atoms with van der Waals surface area (Å²) in [6.45, 7) is 2.73. The lowest BCUT2D eigenvalue weighted by Gasteiger charge is -2.32. The van der Waals surface area contributed by atoms with Crippen molar-refractivity contribution in [3.8, 4) is 10.4 Å². The van der Waals surface area contributed by atoms with Crippen LogP contribution in [0.1, 0.15) is 71.3 Å². The molecule has 2 saturated heterocycles. The number of hydrogen-bond acceptors (Lipinski definition) is 7. The highest BCUT2D eigenvalue weighted by atomic mass is 32.1. The molecule has 0 aromatic carbocycles. The maximum atomic E-state index is 13.7. The smallest absolute Gasteiger partial charge is 0.391 e. The molecule has 3 fully saturated rings. The molecule has 2 bridgehead atoms. The number of amides is 2. The van der Waals surface area contributed by atoms with Crippen molar-refractivity contribution in [3.63, 3.8) is 0 Å². The monoisotopic (exact) mass is 523 g/mol. The van der Waals surface area contributed by atoms with E-state index in [1.54, 1.807) is 6.92 Å². The molecule has 2 aliphatic heterocycles. The van der Waals surface area contributed by atoms with Crippen molar-refractivity contribution in [2.45, 2.75) is 88.8 Å². The van der Waals surface area contributed by atoms with Gasteiger partial charge in [0, 0.05) is 23.8 Å². The summed E-state index contributed by atoms with van der Waals surface area (Å²) in [5, 5.41) is 15.1. The van der Waals surface area contributed by atoms with Crippen LogP contribution in [-0.4, -0.2) is 68.2 Å². The number of aliphatic hydroxyl groups is 1. The quantitative estimate of drug-likeness (QED) is 0.530. The lowest BCUT2D eigenvalue weighted by atomic mass is 9.89. The van der Waals surface area contributed by atoms with E-state index in [1.807, 2.05) is 4.90 Å². The van der Waals surface area contributed by atoms with E-state index in [9.17, 15) is 27.9 Å². The average molecular weight is 524 g/mol. The number of alkyl halides is 3. The number of aliphatic hydroxyl groups excluding tert-OH is 1. The van der Waals surface area contributed by atoms with E-state index in [2.05, 4.69) is 20.6 Å². The first-order chi connectivity index (χ1) is 17.0. The Morgan fingerprint density at radius 1 is 1.17 bits per heavy atom. The molecule has 2 aromatic heterocycles. The van der Waals surface area contributed by atoms with Gasteiger partial charge in [0.25, 0.3) is 11.8 Å². The van der Waals surface area contributed by atoms with Crippen LogP contribution in [0.4, 0.5) is 19.0 Å². The van der Waals surface area contributed by atoms with Crippen LogP contribution in [0.5, 0.6) is 0 Å². The Balaban J connectivity index is 1.48. The number of thiazole rings is 1. The predicted molar refractivity (Wildman–Crippen MR) is 128 cm³/mol. The number of nitrogens with zero attached hydrogens (tertiary/aromatic N) is 3. The molecule has 12 heteroatoms. The van der Waals surface area contributed by atoms with Gasteiger partial charge in [0.1, 0.15) is 17.6 Å². The Labute approximate surface area is 210 Å². The van der Waals surface area contributed by atoms with E-state index >= 15 is 0 Å². The number of carbonyl (C=O) groups is 2. The molecule has 3 aliphatic rings.